The fourth-order valence-corrected chi connectivity index (χ4v) is 3.84. The molecule has 0 unspecified atom stereocenters. The smallest absolute Gasteiger partial charge is 0.242 e. The third kappa shape index (κ3) is 3.58. The Kier molecular flexibility index (Phi) is 4.32. The van der Waals surface area contributed by atoms with Crippen LogP contribution < -0.4 is 10.5 Å². The summed E-state index contributed by atoms with van der Waals surface area (Å²) in [5.74, 6) is 0. The van der Waals surface area contributed by atoms with Crippen molar-refractivity contribution >= 4 is 10.0 Å². The van der Waals surface area contributed by atoms with E-state index in [1.165, 1.54) is 25.5 Å². The first-order chi connectivity index (χ1) is 8.95. The number of hydrogen-bond acceptors (Lipinski definition) is 3. The number of rotatable bonds is 5. The third-order valence-corrected chi connectivity index (χ3v) is 5.38. The van der Waals surface area contributed by atoms with Gasteiger partial charge >= 0.3 is 0 Å². The van der Waals surface area contributed by atoms with Crippen LogP contribution >= 0.6 is 0 Å². The van der Waals surface area contributed by atoms with Crippen LogP contribution in [-0.2, 0) is 16.6 Å². The summed E-state index contributed by atoms with van der Waals surface area (Å²) in [6, 6.07) is 1.59. The lowest BCUT2D eigenvalue weighted by molar-refractivity contribution is 0.219. The largest absolute Gasteiger partial charge is 0.363 e. The highest BCUT2D eigenvalue weighted by atomic mass is 32.2. The molecule has 0 aliphatic heterocycles. The summed E-state index contributed by atoms with van der Waals surface area (Å²) < 4.78 is 27.1. The fraction of sp³-hybridized carbons (Fsp3) is 0.692. The summed E-state index contributed by atoms with van der Waals surface area (Å²) in [5, 5.41) is 0. The van der Waals surface area contributed by atoms with Crippen LogP contribution in [0.25, 0.3) is 0 Å². The average Bonchev–Trinajstić information content (AvgIpc) is 2.87. The first-order valence-electron chi connectivity index (χ1n) is 6.82. The van der Waals surface area contributed by atoms with Crippen LogP contribution in [0.5, 0.6) is 0 Å². The maximum absolute atomic E-state index is 12.2. The highest BCUT2D eigenvalue weighted by molar-refractivity contribution is 7.89. The first-order valence-corrected chi connectivity index (χ1v) is 8.31. The molecule has 6 heteroatoms. The summed E-state index contributed by atoms with van der Waals surface area (Å²) in [6.07, 6.45) is 7.33. The van der Waals surface area contributed by atoms with Crippen molar-refractivity contribution in [1.82, 2.24) is 9.71 Å². The number of H-pyrrole nitrogens is 1. The summed E-state index contributed by atoms with van der Waals surface area (Å²) in [4.78, 5) is 3.14. The third-order valence-electron chi connectivity index (χ3n) is 4.00. The van der Waals surface area contributed by atoms with Gasteiger partial charge in [-0.1, -0.05) is 26.2 Å². The van der Waals surface area contributed by atoms with Crippen LogP contribution in [0.15, 0.2) is 17.2 Å². The van der Waals surface area contributed by atoms with Gasteiger partial charge in [-0.15, -0.1) is 0 Å². The average molecular weight is 285 g/mol. The maximum atomic E-state index is 12.2. The van der Waals surface area contributed by atoms with Crippen molar-refractivity contribution in [3.05, 3.63) is 18.0 Å². The lowest BCUT2D eigenvalue weighted by Gasteiger charge is -2.33. The first kappa shape index (κ1) is 14.6. The van der Waals surface area contributed by atoms with Crippen molar-refractivity contribution in [2.45, 2.75) is 50.5 Å². The molecule has 0 radical (unpaired) electrons. The molecule has 0 aromatic carbocycles. The van der Waals surface area contributed by atoms with Gasteiger partial charge in [0.05, 0.1) is 4.90 Å². The monoisotopic (exact) mass is 285 g/mol. The van der Waals surface area contributed by atoms with Gasteiger partial charge in [-0.25, -0.2) is 13.1 Å². The number of aromatic amines is 1. The Balaban J connectivity index is 2.01. The van der Waals surface area contributed by atoms with Gasteiger partial charge in [0.2, 0.25) is 10.0 Å². The van der Waals surface area contributed by atoms with Crippen LogP contribution in [0.2, 0.25) is 0 Å². The summed E-state index contributed by atoms with van der Waals surface area (Å²) in [6.45, 7) is 2.99. The van der Waals surface area contributed by atoms with Gasteiger partial charge in [0, 0.05) is 25.0 Å². The second-order valence-corrected chi connectivity index (χ2v) is 7.53. The summed E-state index contributed by atoms with van der Waals surface area (Å²) in [7, 11) is -3.42. The van der Waals surface area contributed by atoms with Crippen molar-refractivity contribution < 1.29 is 8.42 Å². The SMILES string of the molecule is CC1(CNS(=O)(=O)c2c[nH]c(CN)c2)CCCCC1. The second kappa shape index (κ2) is 5.64. The minimum atomic E-state index is -3.42. The predicted octanol–water partition coefficient (Wildman–Crippen LogP) is 1.72. The van der Waals surface area contributed by atoms with E-state index in [0.29, 0.717) is 13.1 Å². The molecule has 1 saturated carbocycles. The van der Waals surface area contributed by atoms with E-state index in [2.05, 4.69) is 16.6 Å². The van der Waals surface area contributed by atoms with E-state index in [0.717, 1.165) is 18.5 Å². The Morgan fingerprint density at radius 2 is 2.05 bits per heavy atom. The predicted molar refractivity (Wildman–Crippen MR) is 75.1 cm³/mol. The number of aromatic nitrogens is 1. The molecule has 1 heterocycles. The lowest BCUT2D eigenvalue weighted by Crippen LogP contribution is -2.36. The minimum absolute atomic E-state index is 0.0956. The van der Waals surface area contributed by atoms with Crippen molar-refractivity contribution in [3.8, 4) is 0 Å². The Labute approximate surface area is 115 Å². The zero-order valence-electron chi connectivity index (χ0n) is 11.4. The number of sulfonamides is 1. The zero-order chi connectivity index (χ0) is 13.9. The molecule has 0 spiro atoms. The molecule has 1 aromatic rings. The van der Waals surface area contributed by atoms with Crippen LogP contribution in [-0.4, -0.2) is 19.9 Å². The summed E-state index contributed by atoms with van der Waals surface area (Å²) >= 11 is 0. The highest BCUT2D eigenvalue weighted by Gasteiger charge is 2.28. The van der Waals surface area contributed by atoms with Crippen molar-refractivity contribution in [2.75, 3.05) is 6.54 Å². The molecule has 0 atom stereocenters. The van der Waals surface area contributed by atoms with Crippen LogP contribution in [0, 0.1) is 5.41 Å². The quantitative estimate of drug-likeness (QED) is 0.769. The Bertz CT molecular complexity index is 516. The van der Waals surface area contributed by atoms with Crippen molar-refractivity contribution in [3.63, 3.8) is 0 Å². The van der Waals surface area contributed by atoms with Crippen LogP contribution in [0.4, 0.5) is 0 Å². The van der Waals surface area contributed by atoms with Gasteiger partial charge < -0.3 is 10.7 Å². The van der Waals surface area contributed by atoms with Gasteiger partial charge in [-0.3, -0.25) is 0 Å². The van der Waals surface area contributed by atoms with E-state index < -0.39 is 10.0 Å². The molecule has 5 nitrogen and oxygen atoms in total. The van der Waals surface area contributed by atoms with E-state index in [4.69, 9.17) is 5.73 Å². The molecular weight excluding hydrogens is 262 g/mol. The Morgan fingerprint density at radius 1 is 1.37 bits per heavy atom. The lowest BCUT2D eigenvalue weighted by atomic mass is 9.76. The molecule has 19 heavy (non-hydrogen) atoms. The zero-order valence-corrected chi connectivity index (χ0v) is 12.2. The topological polar surface area (TPSA) is 88.0 Å². The van der Waals surface area contributed by atoms with Gasteiger partial charge in [-0.2, -0.15) is 0 Å². The Morgan fingerprint density at radius 3 is 2.63 bits per heavy atom. The molecule has 1 aromatic heterocycles. The van der Waals surface area contributed by atoms with Gasteiger partial charge in [0.15, 0.2) is 0 Å². The number of hydrogen-bond donors (Lipinski definition) is 3. The van der Waals surface area contributed by atoms with E-state index >= 15 is 0 Å². The second-order valence-electron chi connectivity index (χ2n) is 5.76. The number of nitrogens with one attached hydrogen (secondary N) is 2. The van der Waals surface area contributed by atoms with Crippen molar-refractivity contribution in [1.29, 1.82) is 0 Å². The van der Waals surface area contributed by atoms with E-state index in [1.807, 2.05) is 0 Å². The highest BCUT2D eigenvalue weighted by Crippen LogP contribution is 2.35. The molecular formula is C13H23N3O2S. The van der Waals surface area contributed by atoms with Crippen LogP contribution in [0.1, 0.15) is 44.7 Å². The molecule has 0 saturated heterocycles. The fourth-order valence-electron chi connectivity index (χ4n) is 2.63. The van der Waals surface area contributed by atoms with Gasteiger partial charge in [-0.05, 0) is 24.3 Å². The molecule has 108 valence electrons. The van der Waals surface area contributed by atoms with E-state index in [9.17, 15) is 8.42 Å². The van der Waals surface area contributed by atoms with Crippen LogP contribution in [0.3, 0.4) is 0 Å². The molecule has 1 aliphatic carbocycles. The number of nitrogens with two attached hydrogens (primary N) is 1. The molecule has 0 bridgehead atoms. The molecule has 2 rings (SSSR count). The standard InChI is InChI=1S/C13H23N3O2S/c1-13(5-3-2-4-6-13)10-16-19(17,18)12-7-11(8-14)15-9-12/h7,9,15-16H,2-6,8,10,14H2,1H3. The Hall–Kier alpha value is -0.850. The molecule has 1 aliphatic rings. The molecule has 0 amide bonds. The van der Waals surface area contributed by atoms with E-state index in [-0.39, 0.29) is 10.3 Å². The molecule has 1 fully saturated rings. The van der Waals surface area contributed by atoms with E-state index in [1.54, 1.807) is 6.07 Å². The summed E-state index contributed by atoms with van der Waals surface area (Å²) in [5.41, 5.74) is 6.29. The molecule has 4 N–H and O–H groups in total. The maximum Gasteiger partial charge on any atom is 0.242 e. The van der Waals surface area contributed by atoms with Crippen molar-refractivity contribution in [2.24, 2.45) is 11.1 Å². The normalized spacial score (nSPS) is 19.5. The minimum Gasteiger partial charge on any atom is -0.363 e. The van der Waals surface area contributed by atoms with Gasteiger partial charge in [0.1, 0.15) is 0 Å². The van der Waals surface area contributed by atoms with Gasteiger partial charge in [0.25, 0.3) is 0 Å².